The number of carboxylic acids is 1. The molecular weight excluding hydrogens is 316 g/mol. The summed E-state index contributed by atoms with van der Waals surface area (Å²) >= 11 is 1.05. The van der Waals surface area contributed by atoms with E-state index in [1.54, 1.807) is 25.3 Å². The zero-order valence-corrected chi connectivity index (χ0v) is 13.6. The molecular formula is C12H18N2O5S2. The van der Waals surface area contributed by atoms with E-state index < -0.39 is 34.5 Å². The molecule has 7 nitrogen and oxygen atoms in total. The maximum Gasteiger partial charge on any atom is 0.326 e. The van der Waals surface area contributed by atoms with Crippen molar-refractivity contribution in [3.63, 3.8) is 0 Å². The molecule has 1 heterocycles. The van der Waals surface area contributed by atoms with Gasteiger partial charge in [0.2, 0.25) is 5.91 Å². The van der Waals surface area contributed by atoms with Crippen molar-refractivity contribution in [3.8, 4) is 0 Å². The van der Waals surface area contributed by atoms with Gasteiger partial charge in [-0.1, -0.05) is 19.9 Å². The first-order chi connectivity index (χ1) is 9.66. The van der Waals surface area contributed by atoms with Crippen molar-refractivity contribution >= 4 is 33.2 Å². The summed E-state index contributed by atoms with van der Waals surface area (Å²) in [5, 5.41) is 12.9. The minimum Gasteiger partial charge on any atom is -0.480 e. The van der Waals surface area contributed by atoms with Gasteiger partial charge < -0.3 is 10.4 Å². The molecule has 118 valence electrons. The number of rotatable bonds is 7. The molecule has 0 saturated carbocycles. The molecule has 21 heavy (non-hydrogen) atoms. The third kappa shape index (κ3) is 4.51. The van der Waals surface area contributed by atoms with Crippen molar-refractivity contribution in [3.05, 3.63) is 17.5 Å². The summed E-state index contributed by atoms with van der Waals surface area (Å²) in [6.45, 7) is 2.88. The Bertz CT molecular complexity index is 595. The molecule has 1 aromatic rings. The Kier molecular flexibility index (Phi) is 5.87. The Labute approximate surface area is 127 Å². The molecule has 0 spiro atoms. The molecule has 0 aliphatic carbocycles. The third-order valence-corrected chi connectivity index (χ3v) is 5.95. The van der Waals surface area contributed by atoms with Gasteiger partial charge in [0.05, 0.1) is 6.54 Å². The summed E-state index contributed by atoms with van der Waals surface area (Å²) < 4.78 is 25.3. The van der Waals surface area contributed by atoms with E-state index in [-0.39, 0.29) is 10.1 Å². The van der Waals surface area contributed by atoms with E-state index in [4.69, 9.17) is 5.11 Å². The van der Waals surface area contributed by atoms with Crippen LogP contribution in [0.1, 0.15) is 13.8 Å². The summed E-state index contributed by atoms with van der Waals surface area (Å²) in [4.78, 5) is 22.8. The number of carbonyl (C=O) groups is 2. The van der Waals surface area contributed by atoms with Crippen LogP contribution in [-0.2, 0) is 19.6 Å². The van der Waals surface area contributed by atoms with Gasteiger partial charge in [0.15, 0.2) is 0 Å². The number of amides is 1. The molecule has 0 fully saturated rings. The number of likely N-dealkylation sites (N-methyl/N-ethyl adjacent to an activating group) is 1. The van der Waals surface area contributed by atoms with Crippen molar-refractivity contribution in [2.24, 2.45) is 5.92 Å². The zero-order chi connectivity index (χ0) is 16.2. The van der Waals surface area contributed by atoms with Crippen LogP contribution in [0.15, 0.2) is 21.7 Å². The number of carboxylic acid groups (broad SMARTS) is 1. The monoisotopic (exact) mass is 334 g/mol. The van der Waals surface area contributed by atoms with Crippen LogP contribution in [0.5, 0.6) is 0 Å². The third-order valence-electron chi connectivity index (χ3n) is 2.78. The smallest absolute Gasteiger partial charge is 0.326 e. The van der Waals surface area contributed by atoms with Crippen molar-refractivity contribution in [2.45, 2.75) is 24.1 Å². The van der Waals surface area contributed by atoms with E-state index in [9.17, 15) is 18.0 Å². The SMILES string of the molecule is CC(C)[C@H](NC(=O)CN(C)S(=O)(=O)c1cccs1)C(=O)O. The molecule has 0 saturated heterocycles. The van der Waals surface area contributed by atoms with Gasteiger partial charge in [0.1, 0.15) is 10.3 Å². The van der Waals surface area contributed by atoms with Crippen molar-refractivity contribution in [1.29, 1.82) is 0 Å². The minimum absolute atomic E-state index is 0.136. The topological polar surface area (TPSA) is 104 Å². The Morgan fingerprint density at radius 1 is 1.43 bits per heavy atom. The molecule has 2 N–H and O–H groups in total. The second-order valence-corrected chi connectivity index (χ2v) is 8.04. The second-order valence-electron chi connectivity index (χ2n) is 4.82. The first-order valence-electron chi connectivity index (χ1n) is 6.18. The highest BCUT2D eigenvalue weighted by molar-refractivity contribution is 7.91. The lowest BCUT2D eigenvalue weighted by Crippen LogP contribution is -2.48. The molecule has 0 radical (unpaired) electrons. The van der Waals surface area contributed by atoms with E-state index in [0.717, 1.165) is 15.6 Å². The molecule has 1 amide bonds. The van der Waals surface area contributed by atoms with Crippen LogP contribution < -0.4 is 5.32 Å². The molecule has 1 rings (SSSR count). The van der Waals surface area contributed by atoms with E-state index in [0.29, 0.717) is 0 Å². The number of sulfonamides is 1. The second kappa shape index (κ2) is 7.01. The van der Waals surface area contributed by atoms with Gasteiger partial charge in [0, 0.05) is 7.05 Å². The Balaban J connectivity index is 2.73. The lowest BCUT2D eigenvalue weighted by Gasteiger charge is -2.20. The highest BCUT2D eigenvalue weighted by Gasteiger charge is 2.27. The van der Waals surface area contributed by atoms with Crippen LogP contribution in [0.2, 0.25) is 0 Å². The Hall–Kier alpha value is -1.45. The molecule has 9 heteroatoms. The number of nitrogens with one attached hydrogen (secondary N) is 1. The van der Waals surface area contributed by atoms with Gasteiger partial charge in [-0.25, -0.2) is 13.2 Å². The highest BCUT2D eigenvalue weighted by atomic mass is 32.2. The normalized spacial score (nSPS) is 13.4. The van der Waals surface area contributed by atoms with Gasteiger partial charge in [-0.2, -0.15) is 4.31 Å². The van der Waals surface area contributed by atoms with Gasteiger partial charge in [-0.15, -0.1) is 11.3 Å². The van der Waals surface area contributed by atoms with Crippen molar-refractivity contribution in [1.82, 2.24) is 9.62 Å². The number of nitrogens with zero attached hydrogens (tertiary/aromatic N) is 1. The fourth-order valence-electron chi connectivity index (χ4n) is 1.58. The zero-order valence-electron chi connectivity index (χ0n) is 11.9. The number of aliphatic carboxylic acids is 1. The standard InChI is InChI=1S/C12H18N2O5S2/c1-8(2)11(12(16)17)13-9(15)7-14(3)21(18,19)10-5-4-6-20-10/h4-6,8,11H,7H2,1-3H3,(H,13,15)(H,16,17)/t11-/m0/s1. The van der Waals surface area contributed by atoms with Gasteiger partial charge in [-0.3, -0.25) is 4.79 Å². The maximum atomic E-state index is 12.1. The fraction of sp³-hybridized carbons (Fsp3) is 0.500. The van der Waals surface area contributed by atoms with E-state index >= 15 is 0 Å². The molecule has 0 aliphatic heterocycles. The summed E-state index contributed by atoms with van der Waals surface area (Å²) in [6.07, 6.45) is 0. The van der Waals surface area contributed by atoms with E-state index in [1.807, 2.05) is 0 Å². The maximum absolute atomic E-state index is 12.1. The average molecular weight is 334 g/mol. The number of hydrogen-bond donors (Lipinski definition) is 2. The van der Waals surface area contributed by atoms with Crippen molar-refractivity contribution in [2.75, 3.05) is 13.6 Å². The summed E-state index contributed by atoms with van der Waals surface area (Å²) in [6, 6.07) is 2.00. The van der Waals surface area contributed by atoms with Crippen LogP contribution in [0.4, 0.5) is 0 Å². The molecule has 0 bridgehead atoms. The number of thiophene rings is 1. The molecule has 0 aliphatic rings. The highest BCUT2D eigenvalue weighted by Crippen LogP contribution is 2.19. The predicted molar refractivity (Wildman–Crippen MR) is 78.5 cm³/mol. The average Bonchev–Trinajstić information content (AvgIpc) is 2.89. The quantitative estimate of drug-likeness (QED) is 0.760. The van der Waals surface area contributed by atoms with Crippen molar-refractivity contribution < 1.29 is 23.1 Å². The first-order valence-corrected chi connectivity index (χ1v) is 8.50. The van der Waals surface area contributed by atoms with Crippen LogP contribution >= 0.6 is 11.3 Å². The van der Waals surface area contributed by atoms with Crippen LogP contribution in [0.25, 0.3) is 0 Å². The van der Waals surface area contributed by atoms with E-state index in [1.165, 1.54) is 13.1 Å². The lowest BCUT2D eigenvalue weighted by atomic mass is 10.1. The lowest BCUT2D eigenvalue weighted by molar-refractivity contribution is -0.143. The Morgan fingerprint density at radius 3 is 2.48 bits per heavy atom. The first kappa shape index (κ1) is 17.6. The van der Waals surface area contributed by atoms with Crippen LogP contribution in [-0.4, -0.2) is 49.3 Å². The Morgan fingerprint density at radius 2 is 2.05 bits per heavy atom. The molecule has 0 unspecified atom stereocenters. The molecule has 1 aromatic heterocycles. The summed E-state index contributed by atoms with van der Waals surface area (Å²) in [7, 11) is -2.45. The molecule has 1 atom stereocenters. The van der Waals surface area contributed by atoms with Crippen LogP contribution in [0.3, 0.4) is 0 Å². The van der Waals surface area contributed by atoms with Gasteiger partial charge >= 0.3 is 5.97 Å². The van der Waals surface area contributed by atoms with Crippen LogP contribution in [0, 0.1) is 5.92 Å². The van der Waals surface area contributed by atoms with E-state index in [2.05, 4.69) is 5.32 Å². The summed E-state index contributed by atoms with van der Waals surface area (Å²) in [5.74, 6) is -2.11. The van der Waals surface area contributed by atoms with Gasteiger partial charge in [0.25, 0.3) is 10.0 Å². The predicted octanol–water partition coefficient (Wildman–Crippen LogP) is 0.594. The number of hydrogen-bond acceptors (Lipinski definition) is 5. The van der Waals surface area contributed by atoms with Gasteiger partial charge in [-0.05, 0) is 17.4 Å². The summed E-state index contributed by atoms with van der Waals surface area (Å²) in [5.41, 5.74) is 0. The fourth-order valence-corrected chi connectivity index (χ4v) is 3.91. The minimum atomic E-state index is -3.72. The molecule has 0 aromatic carbocycles. The number of carbonyl (C=O) groups excluding carboxylic acids is 1. The largest absolute Gasteiger partial charge is 0.480 e.